The van der Waals surface area contributed by atoms with Crippen molar-refractivity contribution in [1.82, 2.24) is 3.89 Å². The van der Waals surface area contributed by atoms with Gasteiger partial charge in [-0.05, 0) is 30.2 Å². The summed E-state index contributed by atoms with van der Waals surface area (Å²) in [5, 5.41) is 0. The van der Waals surface area contributed by atoms with Crippen LogP contribution in [-0.2, 0) is 16.2 Å². The lowest BCUT2D eigenvalue weighted by Gasteiger charge is -2.34. The van der Waals surface area contributed by atoms with Crippen LogP contribution in [0.5, 0.6) is 0 Å². The van der Waals surface area contributed by atoms with Gasteiger partial charge in [-0.25, -0.2) is 0 Å². The molecule has 0 bridgehead atoms. The van der Waals surface area contributed by atoms with E-state index in [1.54, 1.807) is 43.5 Å². The number of hydrogen-bond donors (Lipinski definition) is 1. The highest BCUT2D eigenvalue weighted by molar-refractivity contribution is 7.91. The van der Waals surface area contributed by atoms with E-state index in [2.05, 4.69) is 0 Å². The Hall–Kier alpha value is -2.42. The highest BCUT2D eigenvalue weighted by atomic mass is 32.2. The van der Waals surface area contributed by atoms with Gasteiger partial charge < -0.3 is 5.73 Å². The van der Waals surface area contributed by atoms with E-state index < -0.39 is 25.7 Å². The van der Waals surface area contributed by atoms with Gasteiger partial charge in [-0.15, -0.1) is 0 Å². The summed E-state index contributed by atoms with van der Waals surface area (Å²) < 4.78 is 66.1. The Balaban J connectivity index is 2.24. The van der Waals surface area contributed by atoms with Crippen LogP contribution in [-0.4, -0.2) is 27.3 Å². The number of rotatable bonds is 5. The summed E-state index contributed by atoms with van der Waals surface area (Å²) in [6.45, 7) is 1.85. The van der Waals surface area contributed by atoms with Crippen LogP contribution in [0.2, 0.25) is 0 Å². The van der Waals surface area contributed by atoms with Crippen LogP contribution in [0.3, 0.4) is 0 Å². The Morgan fingerprint density at radius 2 is 1.83 bits per heavy atom. The van der Waals surface area contributed by atoms with Crippen LogP contribution in [0.15, 0.2) is 72.5 Å². The second-order valence-corrected chi connectivity index (χ2v) is 9.15. The van der Waals surface area contributed by atoms with Crippen LogP contribution < -0.4 is 9.62 Å². The number of benzene rings is 2. The summed E-state index contributed by atoms with van der Waals surface area (Å²) in [6.07, 6.45) is 0.554. The van der Waals surface area contributed by atoms with Crippen molar-refractivity contribution in [1.29, 1.82) is 0 Å². The molecule has 4 nitrogen and oxygen atoms in total. The molecule has 0 saturated heterocycles. The fourth-order valence-electron chi connectivity index (χ4n) is 3.50. The third kappa shape index (κ3) is 3.88. The number of halogens is 3. The Kier molecular flexibility index (Phi) is 5.71. The molecule has 3 rings (SSSR count). The van der Waals surface area contributed by atoms with Gasteiger partial charge in [-0.1, -0.05) is 36.4 Å². The van der Waals surface area contributed by atoms with Crippen molar-refractivity contribution >= 4 is 15.7 Å². The van der Waals surface area contributed by atoms with Crippen LogP contribution in [0.4, 0.5) is 18.9 Å². The summed E-state index contributed by atoms with van der Waals surface area (Å²) in [7, 11) is -3.68. The molecule has 1 aliphatic rings. The second kappa shape index (κ2) is 7.78. The zero-order chi connectivity index (χ0) is 21.3. The largest absolute Gasteiger partial charge is 0.417 e. The molecule has 0 radical (unpaired) electrons. The van der Waals surface area contributed by atoms with Crippen molar-refractivity contribution in [3.05, 3.63) is 78.0 Å². The summed E-state index contributed by atoms with van der Waals surface area (Å²) in [5.74, 6) is -0.126. The maximum atomic E-state index is 13.5. The van der Waals surface area contributed by atoms with Crippen molar-refractivity contribution in [2.45, 2.75) is 13.1 Å². The molecule has 0 spiro atoms. The standard InChI is InChI=1S/C21H22F3N2O2S/c1-2-29(27,28)26(12-6-7-16(14-25)15-26)18-9-5-8-17(13-18)19-10-3-4-11-20(19)21(22,23)24/h3-11,13,15H,2,12,14,25H2,1H3/q+1. The first-order chi connectivity index (χ1) is 13.6. The number of quaternary nitrogens is 1. The topological polar surface area (TPSA) is 60.2 Å². The molecule has 1 unspecified atom stereocenters. The molecule has 0 aliphatic carbocycles. The van der Waals surface area contributed by atoms with E-state index in [4.69, 9.17) is 5.73 Å². The minimum Gasteiger partial charge on any atom is -0.326 e. The van der Waals surface area contributed by atoms with Crippen LogP contribution >= 0.6 is 0 Å². The minimum atomic E-state index is -4.52. The van der Waals surface area contributed by atoms with Gasteiger partial charge in [0.1, 0.15) is 12.7 Å². The second-order valence-electron chi connectivity index (χ2n) is 6.75. The highest BCUT2D eigenvalue weighted by Gasteiger charge is 2.42. The number of hydrogen-bond acceptors (Lipinski definition) is 3. The lowest BCUT2D eigenvalue weighted by Crippen LogP contribution is -2.51. The maximum Gasteiger partial charge on any atom is 0.417 e. The molecule has 2 N–H and O–H groups in total. The Bertz CT molecular complexity index is 1080. The van der Waals surface area contributed by atoms with E-state index in [9.17, 15) is 21.6 Å². The molecular formula is C21H22F3N2O2S+. The van der Waals surface area contributed by atoms with E-state index >= 15 is 0 Å². The van der Waals surface area contributed by atoms with E-state index in [0.717, 1.165) is 6.07 Å². The van der Waals surface area contributed by atoms with E-state index in [1.165, 1.54) is 24.3 Å². The molecule has 0 fully saturated rings. The first-order valence-corrected chi connectivity index (χ1v) is 10.7. The number of sulfonamides is 1. The molecule has 2 aromatic rings. The molecule has 1 atom stereocenters. The molecule has 0 saturated carbocycles. The molecular weight excluding hydrogens is 401 g/mol. The van der Waals surface area contributed by atoms with Crippen molar-refractivity contribution in [2.24, 2.45) is 5.73 Å². The van der Waals surface area contributed by atoms with Gasteiger partial charge in [-0.3, -0.25) is 0 Å². The summed E-state index contributed by atoms with van der Waals surface area (Å²) in [4.78, 5) is 0. The van der Waals surface area contributed by atoms with Crippen molar-refractivity contribution in [3.63, 3.8) is 0 Å². The zero-order valence-corrected chi connectivity index (χ0v) is 16.7. The van der Waals surface area contributed by atoms with Crippen LogP contribution in [0, 0.1) is 0 Å². The predicted molar refractivity (Wildman–Crippen MR) is 109 cm³/mol. The Morgan fingerprint density at radius 1 is 1.10 bits per heavy atom. The third-order valence-electron chi connectivity index (χ3n) is 5.01. The molecule has 1 aliphatic heterocycles. The number of nitrogens with two attached hydrogens (primary N) is 1. The van der Waals surface area contributed by atoms with Gasteiger partial charge in [0, 0.05) is 24.3 Å². The van der Waals surface area contributed by atoms with Crippen molar-refractivity contribution in [2.75, 3.05) is 18.8 Å². The van der Waals surface area contributed by atoms with Gasteiger partial charge in [-0.2, -0.15) is 25.5 Å². The van der Waals surface area contributed by atoms with E-state index in [1.807, 2.05) is 0 Å². The Labute approximate surface area is 168 Å². The first-order valence-electron chi connectivity index (χ1n) is 9.11. The summed E-state index contributed by atoms with van der Waals surface area (Å²) in [5.41, 5.74) is 6.29. The molecule has 8 heteroatoms. The quantitative estimate of drug-likeness (QED) is 0.724. The average molecular weight is 423 g/mol. The zero-order valence-electron chi connectivity index (χ0n) is 15.9. The SMILES string of the molecule is CCS(=O)(=O)[N+]1(c2cccc(-c3ccccc3C(F)(F)F)c2)C=C(CN)C=CC1. The van der Waals surface area contributed by atoms with Gasteiger partial charge >= 0.3 is 16.2 Å². The molecule has 1 heterocycles. The van der Waals surface area contributed by atoms with Crippen LogP contribution in [0.1, 0.15) is 12.5 Å². The predicted octanol–water partition coefficient (Wildman–Crippen LogP) is 4.44. The fourth-order valence-corrected chi connectivity index (χ4v) is 5.01. The normalized spacial score (nSPS) is 19.8. The lowest BCUT2D eigenvalue weighted by atomic mass is 9.98. The highest BCUT2D eigenvalue weighted by Crippen LogP contribution is 2.40. The molecule has 2 aromatic carbocycles. The fraction of sp³-hybridized carbons (Fsp3) is 0.238. The number of nitrogens with zero attached hydrogens (tertiary/aromatic N) is 1. The summed E-state index contributed by atoms with van der Waals surface area (Å²) in [6, 6.07) is 11.5. The molecule has 154 valence electrons. The lowest BCUT2D eigenvalue weighted by molar-refractivity contribution is -0.137. The van der Waals surface area contributed by atoms with Gasteiger partial charge in [0.2, 0.25) is 0 Å². The van der Waals surface area contributed by atoms with Crippen molar-refractivity contribution in [3.8, 4) is 11.1 Å². The Morgan fingerprint density at radius 3 is 2.48 bits per heavy atom. The van der Waals surface area contributed by atoms with Crippen molar-refractivity contribution < 1.29 is 21.6 Å². The summed E-state index contributed by atoms with van der Waals surface area (Å²) >= 11 is 0. The van der Waals surface area contributed by atoms with Crippen LogP contribution in [0.25, 0.3) is 11.1 Å². The van der Waals surface area contributed by atoms with Gasteiger partial charge in [0.05, 0.1) is 11.3 Å². The first kappa shape index (κ1) is 21.3. The molecule has 29 heavy (non-hydrogen) atoms. The van der Waals surface area contributed by atoms with Gasteiger partial charge in [0.15, 0.2) is 5.69 Å². The smallest absolute Gasteiger partial charge is 0.326 e. The molecule has 0 amide bonds. The average Bonchev–Trinajstić information content (AvgIpc) is 2.73. The van der Waals surface area contributed by atoms with E-state index in [-0.39, 0.29) is 24.4 Å². The molecule has 0 aromatic heterocycles. The third-order valence-corrected chi connectivity index (χ3v) is 7.19. The minimum absolute atomic E-state index is 0.00414. The monoisotopic (exact) mass is 423 g/mol. The van der Waals surface area contributed by atoms with E-state index in [0.29, 0.717) is 16.8 Å². The maximum absolute atomic E-state index is 13.5. The number of alkyl halides is 3. The van der Waals surface area contributed by atoms with Gasteiger partial charge in [0.25, 0.3) is 0 Å².